The lowest BCUT2D eigenvalue weighted by molar-refractivity contribution is -0.145. The Morgan fingerprint density at radius 2 is 1.85 bits per heavy atom. The van der Waals surface area contributed by atoms with E-state index in [1.54, 1.807) is 0 Å². The zero-order chi connectivity index (χ0) is 19.2. The molecule has 4 aliphatic rings. The number of Topliss-reactive ketones (excluding diaryl/α,β-unsaturated/α-hetero) is 1. The van der Waals surface area contributed by atoms with E-state index in [0.717, 1.165) is 37.2 Å². The predicted molar refractivity (Wildman–Crippen MR) is 111 cm³/mol. The van der Waals surface area contributed by atoms with Crippen molar-refractivity contribution in [1.82, 2.24) is 0 Å². The van der Waals surface area contributed by atoms with E-state index in [2.05, 4.69) is 20.8 Å². The summed E-state index contributed by atoms with van der Waals surface area (Å²) in [4.78, 5) is 12.7. The molecule has 4 saturated carbocycles. The number of ether oxygens (including phenoxy) is 1. The van der Waals surface area contributed by atoms with Crippen molar-refractivity contribution in [3.8, 4) is 0 Å². The molecular formula is C24H39BO2. The van der Waals surface area contributed by atoms with Crippen molar-refractivity contribution in [3.63, 3.8) is 0 Å². The van der Waals surface area contributed by atoms with Gasteiger partial charge in [-0.1, -0.05) is 33.6 Å². The fourth-order valence-corrected chi connectivity index (χ4v) is 7.84. The standard InChI is InChI=1S/C24H39BO2/c1-4-5-6-13-27-17-9-11-23(2)16(14-17)7-8-18-19(23)10-12-24(3)20(18)15-21(25)22(24)26/h16-21H,4-15H2,1-3H3/t16-,17-,18+,19-,20-,21+,23-,24-/m0/s1. The molecule has 150 valence electrons. The molecule has 4 aliphatic carbocycles. The average Bonchev–Trinajstić information content (AvgIpc) is 2.89. The number of carbonyl (C=O) groups excluding carboxylic acids is 1. The van der Waals surface area contributed by atoms with E-state index in [1.807, 2.05) is 0 Å². The Bertz CT molecular complexity index is 563. The quantitative estimate of drug-likeness (QED) is 0.456. The van der Waals surface area contributed by atoms with Crippen LogP contribution in [0.4, 0.5) is 0 Å². The normalized spacial score (nSPS) is 49.4. The lowest BCUT2D eigenvalue weighted by Crippen LogP contribution is -2.54. The first kappa shape index (κ1) is 20.0. The van der Waals surface area contributed by atoms with Gasteiger partial charge in [-0.25, -0.2) is 0 Å². The van der Waals surface area contributed by atoms with Crippen molar-refractivity contribution in [3.05, 3.63) is 0 Å². The summed E-state index contributed by atoms with van der Waals surface area (Å²) >= 11 is 0. The van der Waals surface area contributed by atoms with Gasteiger partial charge in [0.1, 0.15) is 5.78 Å². The highest BCUT2D eigenvalue weighted by Gasteiger charge is 2.61. The molecule has 8 atom stereocenters. The molecule has 0 aromatic heterocycles. The minimum absolute atomic E-state index is 0.122. The molecule has 0 aromatic carbocycles. The summed E-state index contributed by atoms with van der Waals surface area (Å²) in [7, 11) is 6.23. The zero-order valence-electron chi connectivity index (χ0n) is 17.8. The number of ketones is 1. The summed E-state index contributed by atoms with van der Waals surface area (Å²) in [6.07, 6.45) is 14.0. The molecule has 0 aromatic rings. The second-order valence-electron chi connectivity index (χ2n) is 10.8. The Morgan fingerprint density at radius 3 is 2.63 bits per heavy atom. The Morgan fingerprint density at radius 1 is 1.04 bits per heavy atom. The van der Waals surface area contributed by atoms with E-state index >= 15 is 0 Å². The number of hydrogen-bond acceptors (Lipinski definition) is 2. The molecule has 0 heterocycles. The maximum Gasteiger partial charge on any atom is 0.133 e. The van der Waals surface area contributed by atoms with Crippen molar-refractivity contribution in [2.75, 3.05) is 6.61 Å². The molecule has 4 rings (SSSR count). The van der Waals surface area contributed by atoms with E-state index in [9.17, 15) is 4.79 Å². The maximum absolute atomic E-state index is 12.7. The highest BCUT2D eigenvalue weighted by Crippen LogP contribution is 2.66. The Labute approximate surface area is 168 Å². The molecular weight excluding hydrogens is 331 g/mol. The van der Waals surface area contributed by atoms with Gasteiger partial charge < -0.3 is 4.74 Å². The van der Waals surface area contributed by atoms with Gasteiger partial charge in [0, 0.05) is 12.0 Å². The summed E-state index contributed by atoms with van der Waals surface area (Å²) in [5, 5.41) is 0. The largest absolute Gasteiger partial charge is 0.378 e. The van der Waals surface area contributed by atoms with Crippen LogP contribution in [0.15, 0.2) is 0 Å². The zero-order valence-corrected chi connectivity index (χ0v) is 17.8. The summed E-state index contributed by atoms with van der Waals surface area (Å²) in [5.41, 5.74) is 0.340. The van der Waals surface area contributed by atoms with Crippen molar-refractivity contribution >= 4 is 13.6 Å². The molecule has 0 amide bonds. The maximum atomic E-state index is 12.7. The average molecular weight is 370 g/mol. The summed E-state index contributed by atoms with van der Waals surface area (Å²) in [6, 6.07) is 0. The van der Waals surface area contributed by atoms with Crippen LogP contribution in [-0.2, 0) is 9.53 Å². The van der Waals surface area contributed by atoms with Crippen LogP contribution in [0.1, 0.15) is 91.4 Å². The molecule has 0 N–H and O–H groups in total. The van der Waals surface area contributed by atoms with E-state index in [1.165, 1.54) is 57.8 Å². The smallest absolute Gasteiger partial charge is 0.133 e. The van der Waals surface area contributed by atoms with Crippen LogP contribution in [0.5, 0.6) is 0 Å². The van der Waals surface area contributed by atoms with Gasteiger partial charge >= 0.3 is 0 Å². The van der Waals surface area contributed by atoms with Crippen molar-refractivity contribution in [1.29, 1.82) is 0 Å². The van der Waals surface area contributed by atoms with Crippen LogP contribution in [0.2, 0.25) is 5.82 Å². The number of fused-ring (bicyclic) bond motifs is 5. The van der Waals surface area contributed by atoms with Crippen LogP contribution in [0, 0.1) is 34.5 Å². The van der Waals surface area contributed by atoms with Crippen LogP contribution >= 0.6 is 0 Å². The van der Waals surface area contributed by atoms with Gasteiger partial charge in [-0.15, -0.1) is 0 Å². The monoisotopic (exact) mass is 370 g/mol. The number of hydrogen-bond donors (Lipinski definition) is 0. The second kappa shape index (κ2) is 7.50. The molecule has 0 spiro atoms. The number of rotatable bonds is 5. The molecule has 2 radical (unpaired) electrons. The van der Waals surface area contributed by atoms with E-state index in [-0.39, 0.29) is 11.2 Å². The molecule has 2 nitrogen and oxygen atoms in total. The van der Waals surface area contributed by atoms with E-state index < -0.39 is 0 Å². The van der Waals surface area contributed by atoms with Crippen molar-refractivity contribution < 1.29 is 9.53 Å². The van der Waals surface area contributed by atoms with Gasteiger partial charge in [0.2, 0.25) is 0 Å². The van der Waals surface area contributed by atoms with Gasteiger partial charge in [0.15, 0.2) is 0 Å². The first-order valence-electron chi connectivity index (χ1n) is 11.8. The Balaban J connectivity index is 1.43. The number of unbranched alkanes of at least 4 members (excludes halogenated alkanes) is 2. The van der Waals surface area contributed by atoms with Crippen LogP contribution < -0.4 is 0 Å². The van der Waals surface area contributed by atoms with Gasteiger partial charge in [-0.3, -0.25) is 4.79 Å². The van der Waals surface area contributed by atoms with Crippen molar-refractivity contribution in [2.24, 2.45) is 34.5 Å². The van der Waals surface area contributed by atoms with Crippen LogP contribution in [0.25, 0.3) is 0 Å². The third-order valence-electron chi connectivity index (χ3n) is 9.52. The van der Waals surface area contributed by atoms with Crippen LogP contribution in [-0.4, -0.2) is 26.3 Å². The molecule has 0 aliphatic heterocycles. The third kappa shape index (κ3) is 3.24. The minimum Gasteiger partial charge on any atom is -0.378 e. The highest BCUT2D eigenvalue weighted by atomic mass is 16.5. The summed E-state index contributed by atoms with van der Waals surface area (Å²) in [5.74, 6) is 3.05. The SMILES string of the molecule is [B][C@@H]1C[C@H]2[C@@H]3CC[C@H]4C[C@@H](OCCCCC)CC[C@]4(C)[C@H]3CC[C@]2(C)C1=O. The van der Waals surface area contributed by atoms with Gasteiger partial charge in [0.25, 0.3) is 0 Å². The van der Waals surface area contributed by atoms with Crippen LogP contribution in [0.3, 0.4) is 0 Å². The van der Waals surface area contributed by atoms with E-state index in [0.29, 0.717) is 23.2 Å². The molecule has 0 unspecified atom stereocenters. The Hall–Kier alpha value is -0.305. The van der Waals surface area contributed by atoms with Crippen molar-refractivity contribution in [2.45, 2.75) is 103 Å². The fourth-order valence-electron chi connectivity index (χ4n) is 7.84. The topological polar surface area (TPSA) is 26.3 Å². The summed E-state index contributed by atoms with van der Waals surface area (Å²) in [6.45, 7) is 8.03. The molecule has 3 heteroatoms. The lowest BCUT2D eigenvalue weighted by atomic mass is 9.45. The first-order chi connectivity index (χ1) is 12.9. The second-order valence-corrected chi connectivity index (χ2v) is 10.8. The Kier molecular flexibility index (Phi) is 5.56. The van der Waals surface area contributed by atoms with E-state index in [4.69, 9.17) is 12.6 Å². The predicted octanol–water partition coefficient (Wildman–Crippen LogP) is 5.74. The lowest BCUT2D eigenvalue weighted by Gasteiger charge is -2.60. The molecule has 0 bridgehead atoms. The van der Waals surface area contributed by atoms with Gasteiger partial charge in [-0.05, 0) is 92.7 Å². The molecule has 27 heavy (non-hydrogen) atoms. The highest BCUT2D eigenvalue weighted by molar-refractivity contribution is 6.26. The van der Waals surface area contributed by atoms with Gasteiger partial charge in [-0.2, -0.15) is 0 Å². The molecule has 4 fully saturated rings. The molecule has 0 saturated heterocycles. The number of carbonyl (C=O) groups is 1. The summed E-state index contributed by atoms with van der Waals surface area (Å²) < 4.78 is 6.27. The minimum atomic E-state index is -0.198. The third-order valence-corrected chi connectivity index (χ3v) is 9.52. The van der Waals surface area contributed by atoms with Gasteiger partial charge in [0.05, 0.1) is 14.0 Å². The first-order valence-corrected chi connectivity index (χ1v) is 11.8. The fraction of sp³-hybridized carbons (Fsp3) is 0.958.